The van der Waals surface area contributed by atoms with Crippen LogP contribution in [0.2, 0.25) is 0 Å². The summed E-state index contributed by atoms with van der Waals surface area (Å²) < 4.78 is 88.2. The van der Waals surface area contributed by atoms with E-state index in [1.807, 2.05) is 0 Å². The molecule has 0 bridgehead atoms. The smallest absolute Gasteiger partial charge is 0.399 e. The van der Waals surface area contributed by atoms with Gasteiger partial charge in [-0.25, -0.2) is 0 Å². The first-order valence-electron chi connectivity index (χ1n) is 6.65. The van der Waals surface area contributed by atoms with Crippen LogP contribution in [0.4, 0.5) is 26.3 Å². The Morgan fingerprint density at radius 3 is 1.78 bits per heavy atom. The number of aromatic nitrogens is 1. The Labute approximate surface area is 129 Å². The normalized spacial score (nSPS) is 20.9. The highest BCUT2D eigenvalue weighted by Crippen LogP contribution is 2.39. The molecule has 0 spiro atoms. The second kappa shape index (κ2) is 5.10. The zero-order valence-corrected chi connectivity index (χ0v) is 12.8. The number of hydrogen-bond donors (Lipinski definition) is 0. The summed E-state index contributed by atoms with van der Waals surface area (Å²) in [7, 11) is -1.45. The molecule has 1 saturated heterocycles. The molecular weight excluding hydrogens is 327 g/mol. The molecule has 1 aromatic rings. The van der Waals surface area contributed by atoms with E-state index >= 15 is 0 Å². The van der Waals surface area contributed by atoms with Crippen LogP contribution in [0, 0.1) is 0 Å². The number of alkyl halides is 6. The molecule has 0 N–H and O–H groups in total. The molecule has 10 heteroatoms. The quantitative estimate of drug-likeness (QED) is 0.580. The molecule has 2 rings (SSSR count). The first-order valence-corrected chi connectivity index (χ1v) is 6.65. The van der Waals surface area contributed by atoms with Gasteiger partial charge in [0.25, 0.3) is 0 Å². The van der Waals surface area contributed by atoms with Crippen LogP contribution in [0.1, 0.15) is 39.0 Å². The number of rotatable bonds is 1. The fourth-order valence-electron chi connectivity index (χ4n) is 2.02. The SMILES string of the molecule is CC1(C)OB(c2cnc(C(F)(F)F)cc2C(F)(F)F)OC1(C)C. The van der Waals surface area contributed by atoms with Crippen LogP contribution in [0.5, 0.6) is 0 Å². The molecule has 1 fully saturated rings. The predicted molar refractivity (Wildman–Crippen MR) is 70.0 cm³/mol. The van der Waals surface area contributed by atoms with Crippen LogP contribution in [0.25, 0.3) is 0 Å². The Morgan fingerprint density at radius 1 is 0.913 bits per heavy atom. The third-order valence-electron chi connectivity index (χ3n) is 4.04. The van der Waals surface area contributed by atoms with Gasteiger partial charge in [-0.1, -0.05) is 0 Å². The third kappa shape index (κ3) is 3.32. The van der Waals surface area contributed by atoms with E-state index in [4.69, 9.17) is 9.31 Å². The van der Waals surface area contributed by atoms with Crippen molar-refractivity contribution in [1.29, 1.82) is 0 Å². The zero-order chi connectivity index (χ0) is 17.8. The molecule has 0 atom stereocenters. The number of nitrogens with zero attached hydrogens (tertiary/aromatic N) is 1. The van der Waals surface area contributed by atoms with Gasteiger partial charge in [-0.15, -0.1) is 0 Å². The molecule has 1 aromatic heterocycles. The van der Waals surface area contributed by atoms with Crippen molar-refractivity contribution in [2.24, 2.45) is 0 Å². The topological polar surface area (TPSA) is 31.4 Å². The van der Waals surface area contributed by atoms with E-state index in [1.54, 1.807) is 27.7 Å². The minimum Gasteiger partial charge on any atom is -0.399 e. The summed E-state index contributed by atoms with van der Waals surface area (Å²) >= 11 is 0. The zero-order valence-electron chi connectivity index (χ0n) is 12.8. The molecule has 0 amide bonds. The standard InChI is InChI=1S/C13H14BF6NO2/c1-10(2)11(3,4)23-14(22-10)8-6-21-9(13(18,19)20)5-7(8)12(15,16)17/h5-6H,1-4H3. The van der Waals surface area contributed by atoms with E-state index in [-0.39, 0.29) is 6.07 Å². The lowest BCUT2D eigenvalue weighted by Gasteiger charge is -2.32. The van der Waals surface area contributed by atoms with E-state index < -0.39 is 47.4 Å². The molecule has 0 radical (unpaired) electrons. The molecule has 3 nitrogen and oxygen atoms in total. The molecule has 0 aromatic carbocycles. The maximum absolute atomic E-state index is 13.1. The van der Waals surface area contributed by atoms with Crippen molar-refractivity contribution in [1.82, 2.24) is 4.98 Å². The van der Waals surface area contributed by atoms with Crippen LogP contribution in [0.3, 0.4) is 0 Å². The minimum atomic E-state index is -5.00. The van der Waals surface area contributed by atoms with E-state index in [2.05, 4.69) is 4.98 Å². The number of hydrogen-bond acceptors (Lipinski definition) is 3. The van der Waals surface area contributed by atoms with Crippen molar-refractivity contribution in [3.8, 4) is 0 Å². The summed E-state index contributed by atoms with van der Waals surface area (Å²) in [4.78, 5) is 3.08. The Balaban J connectivity index is 2.52. The summed E-state index contributed by atoms with van der Waals surface area (Å²) in [6.45, 7) is 6.49. The monoisotopic (exact) mass is 341 g/mol. The first-order chi connectivity index (χ1) is 10.2. The lowest BCUT2D eigenvalue weighted by molar-refractivity contribution is -0.145. The minimum absolute atomic E-state index is 0.0274. The van der Waals surface area contributed by atoms with E-state index in [0.29, 0.717) is 6.20 Å². The fourth-order valence-corrected chi connectivity index (χ4v) is 2.02. The maximum atomic E-state index is 13.1. The average Bonchev–Trinajstić information content (AvgIpc) is 2.55. The lowest BCUT2D eigenvalue weighted by Crippen LogP contribution is -2.41. The van der Waals surface area contributed by atoms with Crippen LogP contribution < -0.4 is 5.46 Å². The van der Waals surface area contributed by atoms with E-state index in [9.17, 15) is 26.3 Å². The molecule has 1 aliphatic heterocycles. The van der Waals surface area contributed by atoms with Gasteiger partial charge in [-0.05, 0) is 33.8 Å². The predicted octanol–water partition coefficient (Wildman–Crippen LogP) is 3.42. The van der Waals surface area contributed by atoms with Gasteiger partial charge in [-0.3, -0.25) is 4.98 Å². The molecule has 1 aliphatic rings. The molecule has 0 aliphatic carbocycles. The Bertz CT molecular complexity index is 595. The first kappa shape index (κ1) is 18.1. The summed E-state index contributed by atoms with van der Waals surface area (Å²) in [5.41, 5.74) is -5.53. The summed E-state index contributed by atoms with van der Waals surface area (Å²) in [5, 5.41) is 0. The number of pyridine rings is 1. The van der Waals surface area contributed by atoms with Crippen LogP contribution >= 0.6 is 0 Å². The van der Waals surface area contributed by atoms with Crippen LogP contribution in [-0.4, -0.2) is 23.3 Å². The van der Waals surface area contributed by atoms with Gasteiger partial charge in [0.15, 0.2) is 0 Å². The van der Waals surface area contributed by atoms with Crippen molar-refractivity contribution < 1.29 is 35.7 Å². The Kier molecular flexibility index (Phi) is 4.01. The lowest BCUT2D eigenvalue weighted by atomic mass is 9.76. The third-order valence-corrected chi connectivity index (χ3v) is 4.04. The van der Waals surface area contributed by atoms with Gasteiger partial charge in [0.1, 0.15) is 5.69 Å². The highest BCUT2D eigenvalue weighted by Gasteiger charge is 2.54. The summed E-state index contributed by atoms with van der Waals surface area (Å²) in [6.07, 6.45) is -9.47. The van der Waals surface area contributed by atoms with E-state index in [1.165, 1.54) is 0 Å². The largest absolute Gasteiger partial charge is 0.497 e. The van der Waals surface area contributed by atoms with Gasteiger partial charge in [-0.2, -0.15) is 26.3 Å². The van der Waals surface area contributed by atoms with Crippen molar-refractivity contribution in [3.63, 3.8) is 0 Å². The van der Waals surface area contributed by atoms with Crippen LogP contribution in [0.15, 0.2) is 12.3 Å². The van der Waals surface area contributed by atoms with Crippen molar-refractivity contribution in [2.45, 2.75) is 51.2 Å². The Morgan fingerprint density at radius 2 is 1.39 bits per heavy atom. The van der Waals surface area contributed by atoms with Crippen LogP contribution in [-0.2, 0) is 21.7 Å². The van der Waals surface area contributed by atoms with Crippen molar-refractivity contribution in [3.05, 3.63) is 23.5 Å². The van der Waals surface area contributed by atoms with Gasteiger partial charge in [0, 0.05) is 11.7 Å². The fraction of sp³-hybridized carbons (Fsp3) is 0.615. The van der Waals surface area contributed by atoms with Gasteiger partial charge >= 0.3 is 19.5 Å². The highest BCUT2D eigenvalue weighted by molar-refractivity contribution is 6.62. The number of halogens is 6. The highest BCUT2D eigenvalue weighted by atomic mass is 19.4. The van der Waals surface area contributed by atoms with Gasteiger partial charge in [0.05, 0.1) is 16.8 Å². The Hall–Kier alpha value is -1.29. The van der Waals surface area contributed by atoms with Crippen molar-refractivity contribution in [2.75, 3.05) is 0 Å². The summed E-state index contributed by atoms with van der Waals surface area (Å²) in [6, 6.07) is -0.0274. The molecule has 2 heterocycles. The molecule has 128 valence electrons. The molecule has 23 heavy (non-hydrogen) atoms. The van der Waals surface area contributed by atoms with Crippen molar-refractivity contribution >= 4 is 12.6 Å². The second-order valence-electron chi connectivity index (χ2n) is 6.24. The molecule has 0 unspecified atom stereocenters. The average molecular weight is 341 g/mol. The molecule has 0 saturated carbocycles. The second-order valence-corrected chi connectivity index (χ2v) is 6.24. The van der Waals surface area contributed by atoms with Gasteiger partial charge in [0.2, 0.25) is 0 Å². The van der Waals surface area contributed by atoms with E-state index in [0.717, 1.165) is 0 Å². The van der Waals surface area contributed by atoms with Gasteiger partial charge < -0.3 is 9.31 Å². The maximum Gasteiger partial charge on any atom is 0.497 e. The summed E-state index contributed by atoms with van der Waals surface area (Å²) in [5.74, 6) is 0. The molecular formula is C13H14BF6NO2.